The molecule has 0 aliphatic heterocycles. The molecule has 0 bridgehead atoms. The van der Waals surface area contributed by atoms with Gasteiger partial charge in [-0.25, -0.2) is 0 Å². The van der Waals surface area contributed by atoms with Crippen LogP contribution in [0.4, 0.5) is 0 Å². The average Bonchev–Trinajstić information content (AvgIpc) is 3.11. The van der Waals surface area contributed by atoms with E-state index in [0.717, 1.165) is 19.4 Å². The van der Waals surface area contributed by atoms with Crippen LogP contribution in [-0.2, 0) is 39.6 Å². The van der Waals surface area contributed by atoms with Crippen LogP contribution in [0.15, 0.2) is 54.6 Å². The van der Waals surface area contributed by atoms with Crippen molar-refractivity contribution in [2.24, 2.45) is 0 Å². The summed E-state index contributed by atoms with van der Waals surface area (Å²) in [5.74, 6) is 0. The Labute approximate surface area is 246 Å². The fraction of sp³-hybridized carbons (Fsp3) is 0.576. The minimum absolute atomic E-state index is 0.0174. The molecule has 0 radical (unpaired) electrons. The average molecular weight is 572 g/mol. The Morgan fingerprint density at radius 3 is 1.76 bits per heavy atom. The summed E-state index contributed by atoms with van der Waals surface area (Å²) in [6, 6.07) is 17.4. The number of methoxy groups -OCH3 is 1. The first-order valence-electron chi connectivity index (χ1n) is 14.7. The van der Waals surface area contributed by atoms with E-state index in [1.807, 2.05) is 0 Å². The molecule has 228 valence electrons. The minimum atomic E-state index is -0.0174. The molecule has 1 aliphatic rings. The molecule has 0 saturated heterocycles. The van der Waals surface area contributed by atoms with E-state index in [-0.39, 0.29) is 6.10 Å². The Morgan fingerprint density at radius 2 is 1.17 bits per heavy atom. The van der Waals surface area contributed by atoms with Crippen LogP contribution in [0.3, 0.4) is 0 Å². The molecule has 8 heteroatoms. The zero-order valence-electron chi connectivity index (χ0n) is 25.2. The smallest absolute Gasteiger partial charge is 0.0872 e. The van der Waals surface area contributed by atoms with Crippen LogP contribution < -0.4 is 0 Å². The second kappa shape index (κ2) is 20.7. The highest BCUT2D eigenvalue weighted by Crippen LogP contribution is 2.39. The molecule has 0 saturated carbocycles. The molecule has 1 aliphatic carbocycles. The van der Waals surface area contributed by atoms with Gasteiger partial charge in [-0.05, 0) is 48.3 Å². The van der Waals surface area contributed by atoms with Crippen molar-refractivity contribution in [2.75, 3.05) is 107 Å². The third-order valence-electron chi connectivity index (χ3n) is 6.70. The second-order valence-electron chi connectivity index (χ2n) is 10.1. The van der Waals surface area contributed by atoms with Crippen molar-refractivity contribution in [2.45, 2.75) is 18.9 Å². The van der Waals surface area contributed by atoms with Crippen molar-refractivity contribution >= 4 is 5.57 Å². The Morgan fingerprint density at radius 1 is 0.659 bits per heavy atom. The number of hydrogen-bond acceptors (Lipinski definition) is 8. The molecule has 3 rings (SSSR count). The van der Waals surface area contributed by atoms with Crippen molar-refractivity contribution in [1.82, 2.24) is 4.90 Å². The van der Waals surface area contributed by atoms with Gasteiger partial charge in [0.1, 0.15) is 0 Å². The Kier molecular flexibility index (Phi) is 16.8. The fourth-order valence-corrected chi connectivity index (χ4v) is 4.65. The quantitative estimate of drug-likeness (QED) is 0.193. The third kappa shape index (κ3) is 12.7. The van der Waals surface area contributed by atoms with E-state index in [1.165, 1.54) is 27.8 Å². The molecule has 0 heterocycles. The molecule has 0 aromatic heterocycles. The van der Waals surface area contributed by atoms with Gasteiger partial charge in [-0.2, -0.15) is 0 Å². The molecule has 0 N–H and O–H groups in total. The lowest BCUT2D eigenvalue weighted by Gasteiger charge is -2.19. The maximum atomic E-state index is 6.42. The standard InChI is InChI=1S/C33H49NO7/c1-34(2)14-8-13-30-29-10-5-4-9-28(29)27-33(32-12-7-6-11-31(30)32)41-26-25-40-24-23-39-22-21-38-20-19-37-18-17-36-16-15-35-3/h4-7,9-13,33H,8,14-27H2,1-3H3/b30-13+/t33-/m0/s1. The Balaban J connectivity index is 1.32. The number of benzene rings is 2. The summed E-state index contributed by atoms with van der Waals surface area (Å²) < 4.78 is 39.0. The van der Waals surface area contributed by atoms with E-state index in [4.69, 9.17) is 33.2 Å². The van der Waals surface area contributed by atoms with Crippen LogP contribution >= 0.6 is 0 Å². The lowest BCUT2D eigenvalue weighted by atomic mass is 9.93. The van der Waals surface area contributed by atoms with Crippen LogP contribution in [0.2, 0.25) is 0 Å². The molecule has 0 amide bonds. The van der Waals surface area contributed by atoms with Crippen molar-refractivity contribution < 1.29 is 33.2 Å². The first-order valence-corrected chi connectivity index (χ1v) is 14.7. The van der Waals surface area contributed by atoms with Gasteiger partial charge < -0.3 is 38.1 Å². The zero-order chi connectivity index (χ0) is 29.0. The molecular formula is C33H49NO7. The first kappa shape index (κ1) is 33.4. The molecule has 1 atom stereocenters. The van der Waals surface area contributed by atoms with Gasteiger partial charge in [0, 0.05) is 20.1 Å². The molecule has 0 fully saturated rings. The van der Waals surface area contributed by atoms with E-state index >= 15 is 0 Å². The summed E-state index contributed by atoms with van der Waals surface area (Å²) in [5, 5.41) is 0. The molecule has 0 unspecified atom stereocenters. The van der Waals surface area contributed by atoms with Gasteiger partial charge in [-0.3, -0.25) is 0 Å². The predicted molar refractivity (Wildman–Crippen MR) is 162 cm³/mol. The largest absolute Gasteiger partial charge is 0.382 e. The van der Waals surface area contributed by atoms with Crippen molar-refractivity contribution in [3.8, 4) is 0 Å². The first-order chi connectivity index (χ1) is 20.2. The highest BCUT2D eigenvalue weighted by atomic mass is 16.6. The van der Waals surface area contributed by atoms with Gasteiger partial charge >= 0.3 is 0 Å². The van der Waals surface area contributed by atoms with Gasteiger partial charge in [0.15, 0.2) is 0 Å². The van der Waals surface area contributed by atoms with Crippen molar-refractivity contribution in [1.29, 1.82) is 0 Å². The number of fused-ring (bicyclic) bond motifs is 2. The van der Waals surface area contributed by atoms with E-state index < -0.39 is 0 Å². The summed E-state index contributed by atoms with van der Waals surface area (Å²) >= 11 is 0. The maximum absolute atomic E-state index is 6.42. The third-order valence-corrected chi connectivity index (χ3v) is 6.70. The van der Waals surface area contributed by atoms with Crippen LogP contribution in [0, 0.1) is 0 Å². The fourth-order valence-electron chi connectivity index (χ4n) is 4.65. The highest BCUT2D eigenvalue weighted by Gasteiger charge is 2.25. The molecule has 0 spiro atoms. The van der Waals surface area contributed by atoms with Crippen LogP contribution in [-0.4, -0.2) is 112 Å². The van der Waals surface area contributed by atoms with Gasteiger partial charge in [-0.1, -0.05) is 54.6 Å². The van der Waals surface area contributed by atoms with E-state index in [1.54, 1.807) is 7.11 Å². The van der Waals surface area contributed by atoms with Gasteiger partial charge in [-0.15, -0.1) is 0 Å². The Bertz CT molecular complexity index is 997. The Hall–Kier alpha value is -2.14. The highest BCUT2D eigenvalue weighted by molar-refractivity contribution is 5.84. The van der Waals surface area contributed by atoms with E-state index in [0.29, 0.717) is 79.3 Å². The second-order valence-corrected chi connectivity index (χ2v) is 10.1. The molecular weight excluding hydrogens is 522 g/mol. The molecule has 2 aromatic carbocycles. The summed E-state index contributed by atoms with van der Waals surface area (Å²) in [4.78, 5) is 2.22. The van der Waals surface area contributed by atoms with E-state index in [2.05, 4.69) is 73.6 Å². The van der Waals surface area contributed by atoms with Crippen molar-refractivity contribution in [3.63, 3.8) is 0 Å². The lowest BCUT2D eigenvalue weighted by Crippen LogP contribution is -2.15. The number of rotatable bonds is 22. The number of hydrogen-bond donors (Lipinski definition) is 0. The normalized spacial score (nSPS) is 15.7. The summed E-state index contributed by atoms with van der Waals surface area (Å²) in [5.41, 5.74) is 6.43. The minimum Gasteiger partial charge on any atom is -0.382 e. The molecule has 2 aromatic rings. The van der Waals surface area contributed by atoms with Crippen LogP contribution in [0.5, 0.6) is 0 Å². The molecule has 41 heavy (non-hydrogen) atoms. The summed E-state index contributed by atoms with van der Waals surface area (Å²) in [6.07, 6.45) is 4.20. The topological polar surface area (TPSA) is 67.9 Å². The van der Waals surface area contributed by atoms with Gasteiger partial charge in [0.05, 0.1) is 85.4 Å². The number of ether oxygens (including phenoxy) is 7. The molecule has 8 nitrogen and oxygen atoms in total. The van der Waals surface area contributed by atoms with E-state index in [9.17, 15) is 0 Å². The van der Waals surface area contributed by atoms with Crippen LogP contribution in [0.25, 0.3) is 5.57 Å². The summed E-state index contributed by atoms with van der Waals surface area (Å²) in [7, 11) is 5.88. The van der Waals surface area contributed by atoms with Gasteiger partial charge in [0.25, 0.3) is 0 Å². The van der Waals surface area contributed by atoms with Gasteiger partial charge in [0.2, 0.25) is 0 Å². The van der Waals surface area contributed by atoms with Crippen LogP contribution in [0.1, 0.15) is 34.8 Å². The van der Waals surface area contributed by atoms with Crippen molar-refractivity contribution in [3.05, 3.63) is 76.9 Å². The maximum Gasteiger partial charge on any atom is 0.0872 e. The predicted octanol–water partition coefficient (Wildman–Crippen LogP) is 4.41. The zero-order valence-corrected chi connectivity index (χ0v) is 25.2. The monoisotopic (exact) mass is 571 g/mol. The lowest BCUT2D eigenvalue weighted by molar-refractivity contribution is -0.0266. The summed E-state index contributed by atoms with van der Waals surface area (Å²) in [6.45, 7) is 7.58. The number of nitrogens with zero attached hydrogens (tertiary/aromatic N) is 1. The SMILES string of the molecule is COCCOCCOCCOCCOCCOCCO[C@H]1Cc2ccccc2/C(=C\CCN(C)C)c2ccccc21.